The summed E-state index contributed by atoms with van der Waals surface area (Å²) >= 11 is 0. The highest BCUT2D eigenvalue weighted by molar-refractivity contribution is 7.88. The van der Waals surface area contributed by atoms with Gasteiger partial charge in [0.25, 0.3) is 0 Å². The van der Waals surface area contributed by atoms with E-state index in [2.05, 4.69) is 5.32 Å². The molecule has 1 aliphatic heterocycles. The molecule has 1 aliphatic rings. The summed E-state index contributed by atoms with van der Waals surface area (Å²) in [7, 11) is -3.72. The summed E-state index contributed by atoms with van der Waals surface area (Å²) in [4.78, 5) is 27.6. The fourth-order valence-corrected chi connectivity index (χ4v) is 4.58. The lowest BCUT2D eigenvalue weighted by Gasteiger charge is -2.31. The molecule has 1 fully saturated rings. The van der Waals surface area contributed by atoms with Gasteiger partial charge in [0.05, 0.1) is 18.9 Å². The van der Waals surface area contributed by atoms with Crippen LogP contribution in [0.2, 0.25) is 0 Å². The number of hydrogen-bond acceptors (Lipinski definition) is 5. The van der Waals surface area contributed by atoms with Crippen LogP contribution in [0.15, 0.2) is 54.6 Å². The molecule has 1 saturated heterocycles. The Morgan fingerprint density at radius 1 is 1.09 bits per heavy atom. The van der Waals surface area contributed by atoms with E-state index in [4.69, 9.17) is 4.74 Å². The first-order valence-electron chi connectivity index (χ1n) is 11.6. The van der Waals surface area contributed by atoms with Crippen LogP contribution < -0.4 is 5.32 Å². The van der Waals surface area contributed by atoms with E-state index in [9.17, 15) is 22.4 Å². The average Bonchev–Trinajstić information content (AvgIpc) is 3.35. The predicted molar refractivity (Wildman–Crippen MR) is 130 cm³/mol. The molecule has 0 radical (unpaired) electrons. The zero-order valence-electron chi connectivity index (χ0n) is 20.0. The Hall–Kier alpha value is -2.82. The molecule has 0 spiro atoms. The topological polar surface area (TPSA) is 96.0 Å². The first-order valence-corrected chi connectivity index (χ1v) is 13.4. The van der Waals surface area contributed by atoms with Crippen molar-refractivity contribution >= 4 is 21.8 Å². The first-order chi connectivity index (χ1) is 16.6. The summed E-state index contributed by atoms with van der Waals surface area (Å²) in [6, 6.07) is 13.7. The van der Waals surface area contributed by atoms with Gasteiger partial charge in [-0.05, 0) is 43.0 Å². The number of rotatable bonds is 11. The molecular formula is C25H32FN3O5S. The van der Waals surface area contributed by atoms with Gasteiger partial charge in [0, 0.05) is 26.2 Å². The molecule has 0 saturated carbocycles. The number of hydrogen-bond donors (Lipinski definition) is 1. The van der Waals surface area contributed by atoms with E-state index in [1.54, 1.807) is 31.2 Å². The fraction of sp³-hybridized carbons (Fsp3) is 0.440. The standard InChI is InChI=1S/C25H32FN3O5S/c1-19(25(31)27-15-23-9-6-14-34-23)29(17-21-10-12-22(26)13-11-21)24(30)18-28(35(2,32)33)16-20-7-4-3-5-8-20/h3-5,7-8,10-13,19,23H,6,9,14-18H2,1-2H3,(H,27,31)/t19-,23+/m1/s1. The minimum atomic E-state index is -3.72. The summed E-state index contributed by atoms with van der Waals surface area (Å²) in [5, 5.41) is 2.83. The SMILES string of the molecule is C[C@H](C(=O)NC[C@@H]1CCCO1)N(Cc1ccc(F)cc1)C(=O)CN(Cc1ccccc1)S(C)(=O)=O. The van der Waals surface area contributed by atoms with Crippen molar-refractivity contribution in [2.75, 3.05) is 26.0 Å². The van der Waals surface area contributed by atoms with E-state index in [0.29, 0.717) is 18.7 Å². The van der Waals surface area contributed by atoms with Crippen molar-refractivity contribution in [1.82, 2.24) is 14.5 Å². The van der Waals surface area contributed by atoms with Gasteiger partial charge in [-0.1, -0.05) is 42.5 Å². The third kappa shape index (κ3) is 8.12. The monoisotopic (exact) mass is 505 g/mol. The number of carbonyl (C=O) groups is 2. The van der Waals surface area contributed by atoms with Gasteiger partial charge < -0.3 is 15.0 Å². The number of nitrogens with zero attached hydrogens (tertiary/aromatic N) is 2. The van der Waals surface area contributed by atoms with Crippen LogP contribution in [0.4, 0.5) is 4.39 Å². The second-order valence-electron chi connectivity index (χ2n) is 8.72. The summed E-state index contributed by atoms with van der Waals surface area (Å²) in [5.74, 6) is -1.32. The molecule has 35 heavy (non-hydrogen) atoms. The number of sulfonamides is 1. The zero-order valence-corrected chi connectivity index (χ0v) is 20.8. The molecule has 2 aromatic carbocycles. The summed E-state index contributed by atoms with van der Waals surface area (Å²) in [6.45, 7) is 2.21. The van der Waals surface area contributed by atoms with Crippen LogP contribution in [0.5, 0.6) is 0 Å². The maximum atomic E-state index is 13.4. The quantitative estimate of drug-likeness (QED) is 0.506. The Morgan fingerprint density at radius 3 is 2.34 bits per heavy atom. The smallest absolute Gasteiger partial charge is 0.242 e. The van der Waals surface area contributed by atoms with E-state index >= 15 is 0 Å². The molecule has 10 heteroatoms. The largest absolute Gasteiger partial charge is 0.376 e. The zero-order chi connectivity index (χ0) is 25.4. The van der Waals surface area contributed by atoms with Crippen molar-refractivity contribution in [2.45, 2.75) is 45.0 Å². The Bertz CT molecular complexity index is 1090. The third-order valence-corrected chi connectivity index (χ3v) is 7.14. The van der Waals surface area contributed by atoms with Crippen LogP contribution in [0, 0.1) is 5.82 Å². The van der Waals surface area contributed by atoms with Gasteiger partial charge in [0.1, 0.15) is 11.9 Å². The van der Waals surface area contributed by atoms with Gasteiger partial charge in [-0.25, -0.2) is 12.8 Å². The average molecular weight is 506 g/mol. The highest BCUT2D eigenvalue weighted by atomic mass is 32.2. The molecule has 0 unspecified atom stereocenters. The number of benzene rings is 2. The Labute approximate surface area is 206 Å². The second kappa shape index (κ2) is 12.2. The number of carbonyl (C=O) groups excluding carboxylic acids is 2. The fourth-order valence-electron chi connectivity index (χ4n) is 3.86. The van der Waals surface area contributed by atoms with E-state index in [0.717, 1.165) is 29.0 Å². The summed E-state index contributed by atoms with van der Waals surface area (Å²) < 4.78 is 44.9. The molecule has 3 rings (SSSR count). The van der Waals surface area contributed by atoms with Crippen LogP contribution in [-0.4, -0.2) is 67.5 Å². The number of amides is 2. The predicted octanol–water partition coefficient (Wildman–Crippen LogP) is 2.30. The van der Waals surface area contributed by atoms with Crippen molar-refractivity contribution in [3.63, 3.8) is 0 Å². The van der Waals surface area contributed by atoms with Gasteiger partial charge in [0.15, 0.2) is 0 Å². The minimum absolute atomic E-state index is 0.0232. The Kier molecular flexibility index (Phi) is 9.36. The molecule has 2 aromatic rings. The Morgan fingerprint density at radius 2 is 1.74 bits per heavy atom. The Balaban J connectivity index is 1.77. The maximum absolute atomic E-state index is 13.4. The molecule has 1 heterocycles. The minimum Gasteiger partial charge on any atom is -0.376 e. The normalized spacial score (nSPS) is 16.7. The van der Waals surface area contributed by atoms with Crippen molar-refractivity contribution in [3.05, 3.63) is 71.5 Å². The van der Waals surface area contributed by atoms with Crippen molar-refractivity contribution < 1.29 is 27.1 Å². The molecule has 0 aliphatic carbocycles. The molecule has 190 valence electrons. The van der Waals surface area contributed by atoms with Gasteiger partial charge in [0.2, 0.25) is 21.8 Å². The summed E-state index contributed by atoms with van der Waals surface area (Å²) in [6.07, 6.45) is 2.79. The molecule has 2 amide bonds. The first kappa shape index (κ1) is 26.8. The van der Waals surface area contributed by atoms with E-state index < -0.39 is 34.3 Å². The van der Waals surface area contributed by atoms with Crippen LogP contribution in [-0.2, 0) is 37.4 Å². The molecule has 0 aromatic heterocycles. The van der Waals surface area contributed by atoms with Crippen LogP contribution in [0.25, 0.3) is 0 Å². The highest BCUT2D eigenvalue weighted by Crippen LogP contribution is 2.15. The van der Waals surface area contributed by atoms with E-state index in [1.807, 2.05) is 6.07 Å². The van der Waals surface area contributed by atoms with Crippen LogP contribution in [0.3, 0.4) is 0 Å². The molecule has 0 bridgehead atoms. The lowest BCUT2D eigenvalue weighted by molar-refractivity contribution is -0.141. The van der Waals surface area contributed by atoms with Crippen molar-refractivity contribution in [2.24, 2.45) is 0 Å². The van der Waals surface area contributed by atoms with E-state index in [1.165, 1.54) is 29.2 Å². The lowest BCUT2D eigenvalue weighted by Crippen LogP contribution is -2.51. The van der Waals surface area contributed by atoms with Crippen molar-refractivity contribution in [3.8, 4) is 0 Å². The van der Waals surface area contributed by atoms with Gasteiger partial charge in [-0.15, -0.1) is 0 Å². The van der Waals surface area contributed by atoms with Crippen LogP contribution >= 0.6 is 0 Å². The summed E-state index contributed by atoms with van der Waals surface area (Å²) in [5.41, 5.74) is 1.35. The molecular weight excluding hydrogens is 473 g/mol. The van der Waals surface area contributed by atoms with Gasteiger partial charge in [-0.3, -0.25) is 9.59 Å². The molecule has 1 N–H and O–H groups in total. The number of halogens is 1. The van der Waals surface area contributed by atoms with Crippen LogP contribution in [0.1, 0.15) is 30.9 Å². The molecule has 2 atom stereocenters. The van der Waals surface area contributed by atoms with Gasteiger partial charge >= 0.3 is 0 Å². The lowest BCUT2D eigenvalue weighted by atomic mass is 10.1. The second-order valence-corrected chi connectivity index (χ2v) is 10.7. The maximum Gasteiger partial charge on any atom is 0.242 e. The van der Waals surface area contributed by atoms with E-state index in [-0.39, 0.29) is 25.1 Å². The number of nitrogens with one attached hydrogen (secondary N) is 1. The highest BCUT2D eigenvalue weighted by Gasteiger charge is 2.30. The van der Waals surface area contributed by atoms with Crippen molar-refractivity contribution in [1.29, 1.82) is 0 Å². The van der Waals surface area contributed by atoms with Gasteiger partial charge in [-0.2, -0.15) is 4.31 Å². The third-order valence-electron chi connectivity index (χ3n) is 5.94. The molecule has 8 nitrogen and oxygen atoms in total. The number of ether oxygens (including phenoxy) is 1.